The van der Waals surface area contributed by atoms with Crippen molar-refractivity contribution in [1.29, 1.82) is 0 Å². The van der Waals surface area contributed by atoms with Gasteiger partial charge in [-0.3, -0.25) is 0 Å². The molecule has 2 unspecified atom stereocenters. The first-order chi connectivity index (χ1) is 8.84. The second-order valence-electron chi connectivity index (χ2n) is 4.98. The first-order valence-corrected chi connectivity index (χ1v) is 6.54. The van der Waals surface area contributed by atoms with E-state index in [1.165, 1.54) is 12.8 Å². The summed E-state index contributed by atoms with van der Waals surface area (Å²) in [5.74, 6) is 1.48. The molecule has 0 amide bonds. The molecule has 4 nitrogen and oxygen atoms in total. The van der Waals surface area contributed by atoms with E-state index in [9.17, 15) is 0 Å². The molecule has 1 fully saturated rings. The topological polar surface area (TPSA) is 63.8 Å². The largest absolute Gasteiger partial charge is 0.369 e. The summed E-state index contributed by atoms with van der Waals surface area (Å²) in [6.07, 6.45) is 5.23. The molecule has 1 saturated carbocycles. The van der Waals surface area contributed by atoms with Crippen molar-refractivity contribution in [2.75, 3.05) is 11.9 Å². The Hall–Kier alpha value is -1.68. The number of nitrogens with zero attached hydrogens (tertiary/aromatic N) is 2. The lowest BCUT2D eigenvalue weighted by atomic mass is 10.0. The van der Waals surface area contributed by atoms with Gasteiger partial charge >= 0.3 is 0 Å². The third kappa shape index (κ3) is 2.16. The molecule has 2 aromatic rings. The van der Waals surface area contributed by atoms with Crippen LogP contribution in [0, 0.1) is 5.92 Å². The van der Waals surface area contributed by atoms with Crippen LogP contribution in [-0.2, 0) is 0 Å². The van der Waals surface area contributed by atoms with Gasteiger partial charge < -0.3 is 11.1 Å². The van der Waals surface area contributed by atoms with Gasteiger partial charge in [0, 0.05) is 18.0 Å². The van der Waals surface area contributed by atoms with Gasteiger partial charge in [-0.25, -0.2) is 9.97 Å². The van der Waals surface area contributed by atoms with Crippen molar-refractivity contribution in [1.82, 2.24) is 9.97 Å². The van der Waals surface area contributed by atoms with Gasteiger partial charge in [-0.15, -0.1) is 0 Å². The standard InChI is InChI=1S/C14H18N4/c15-12-6-3-4-10(12)8-16-14-11-5-1-2-7-13(11)17-9-18-14/h1-2,5,7,9-10,12H,3-4,6,8,15H2,(H,16,17,18). The Balaban J connectivity index is 1.78. The molecule has 0 aliphatic heterocycles. The maximum Gasteiger partial charge on any atom is 0.137 e. The molecule has 3 rings (SSSR count). The minimum atomic E-state index is 0.339. The Morgan fingerprint density at radius 1 is 1.22 bits per heavy atom. The summed E-state index contributed by atoms with van der Waals surface area (Å²) in [5, 5.41) is 4.50. The highest BCUT2D eigenvalue weighted by atomic mass is 15.0. The van der Waals surface area contributed by atoms with Gasteiger partial charge in [0.2, 0.25) is 0 Å². The van der Waals surface area contributed by atoms with Crippen LogP contribution in [0.2, 0.25) is 0 Å². The van der Waals surface area contributed by atoms with Gasteiger partial charge in [0.25, 0.3) is 0 Å². The fraction of sp³-hybridized carbons (Fsp3) is 0.429. The Labute approximate surface area is 107 Å². The van der Waals surface area contributed by atoms with E-state index in [1.807, 2.05) is 24.3 Å². The van der Waals surface area contributed by atoms with Crippen molar-refractivity contribution >= 4 is 16.7 Å². The predicted octanol–water partition coefficient (Wildman–Crippen LogP) is 2.17. The summed E-state index contributed by atoms with van der Waals surface area (Å²) in [5.41, 5.74) is 7.06. The van der Waals surface area contributed by atoms with Gasteiger partial charge in [-0.05, 0) is 30.9 Å². The lowest BCUT2D eigenvalue weighted by Gasteiger charge is -2.16. The normalized spacial score (nSPS) is 23.4. The number of hydrogen-bond donors (Lipinski definition) is 2. The Kier molecular flexibility index (Phi) is 3.11. The second kappa shape index (κ2) is 4.90. The molecule has 94 valence electrons. The van der Waals surface area contributed by atoms with Crippen molar-refractivity contribution in [3.63, 3.8) is 0 Å². The number of para-hydroxylation sites is 1. The van der Waals surface area contributed by atoms with Gasteiger partial charge in [-0.2, -0.15) is 0 Å². The van der Waals surface area contributed by atoms with Crippen LogP contribution in [0.5, 0.6) is 0 Å². The van der Waals surface area contributed by atoms with E-state index < -0.39 is 0 Å². The van der Waals surface area contributed by atoms with Crippen molar-refractivity contribution in [3.8, 4) is 0 Å². The zero-order chi connectivity index (χ0) is 12.4. The van der Waals surface area contributed by atoms with Crippen LogP contribution in [0.15, 0.2) is 30.6 Å². The lowest BCUT2D eigenvalue weighted by molar-refractivity contribution is 0.505. The number of nitrogens with two attached hydrogens (primary N) is 1. The maximum atomic E-state index is 6.08. The number of anilines is 1. The summed E-state index contributed by atoms with van der Waals surface area (Å²) >= 11 is 0. The average Bonchev–Trinajstić information content (AvgIpc) is 2.82. The Bertz CT molecular complexity index is 535. The van der Waals surface area contributed by atoms with E-state index in [0.717, 1.165) is 29.7 Å². The first kappa shape index (κ1) is 11.4. The van der Waals surface area contributed by atoms with Crippen molar-refractivity contribution < 1.29 is 0 Å². The number of rotatable bonds is 3. The smallest absolute Gasteiger partial charge is 0.137 e. The molecule has 0 spiro atoms. The van der Waals surface area contributed by atoms with E-state index in [1.54, 1.807) is 6.33 Å². The molecule has 4 heteroatoms. The minimum Gasteiger partial charge on any atom is -0.369 e. The molecule has 0 saturated heterocycles. The van der Waals surface area contributed by atoms with Crippen molar-refractivity contribution in [2.45, 2.75) is 25.3 Å². The zero-order valence-electron chi connectivity index (χ0n) is 10.3. The van der Waals surface area contributed by atoms with Crippen LogP contribution in [-0.4, -0.2) is 22.6 Å². The van der Waals surface area contributed by atoms with Crippen LogP contribution in [0.3, 0.4) is 0 Å². The maximum absolute atomic E-state index is 6.08. The third-order valence-electron chi connectivity index (χ3n) is 3.79. The van der Waals surface area contributed by atoms with Crippen molar-refractivity contribution in [3.05, 3.63) is 30.6 Å². The summed E-state index contributed by atoms with van der Waals surface area (Å²) in [7, 11) is 0. The van der Waals surface area contributed by atoms with E-state index in [4.69, 9.17) is 5.73 Å². The summed E-state index contributed by atoms with van der Waals surface area (Å²) in [4.78, 5) is 8.59. The fourth-order valence-corrected chi connectivity index (χ4v) is 2.69. The summed E-state index contributed by atoms with van der Waals surface area (Å²) in [6.45, 7) is 0.905. The van der Waals surface area contributed by atoms with Gasteiger partial charge in [-0.1, -0.05) is 18.6 Å². The van der Waals surface area contributed by atoms with Crippen LogP contribution < -0.4 is 11.1 Å². The SMILES string of the molecule is NC1CCCC1CNc1ncnc2ccccc12. The molecule has 0 bridgehead atoms. The first-order valence-electron chi connectivity index (χ1n) is 6.54. The number of benzene rings is 1. The number of nitrogens with one attached hydrogen (secondary N) is 1. The van der Waals surface area contributed by atoms with E-state index in [0.29, 0.717) is 12.0 Å². The minimum absolute atomic E-state index is 0.339. The Morgan fingerprint density at radius 2 is 2.11 bits per heavy atom. The molecule has 1 aromatic heterocycles. The molecule has 1 aliphatic rings. The molecule has 0 radical (unpaired) electrons. The second-order valence-corrected chi connectivity index (χ2v) is 4.98. The fourth-order valence-electron chi connectivity index (χ4n) is 2.69. The molecule has 1 heterocycles. The molecule has 2 atom stereocenters. The highest BCUT2D eigenvalue weighted by Gasteiger charge is 2.23. The highest BCUT2D eigenvalue weighted by Crippen LogP contribution is 2.25. The van der Waals surface area contributed by atoms with E-state index >= 15 is 0 Å². The highest BCUT2D eigenvalue weighted by molar-refractivity contribution is 5.88. The summed E-state index contributed by atoms with van der Waals surface area (Å²) < 4.78 is 0. The molecule has 1 aliphatic carbocycles. The molecular formula is C14H18N4. The zero-order valence-corrected chi connectivity index (χ0v) is 10.3. The molecule has 18 heavy (non-hydrogen) atoms. The molecule has 3 N–H and O–H groups in total. The third-order valence-corrected chi connectivity index (χ3v) is 3.79. The Morgan fingerprint density at radius 3 is 2.94 bits per heavy atom. The van der Waals surface area contributed by atoms with Crippen molar-refractivity contribution in [2.24, 2.45) is 11.7 Å². The van der Waals surface area contributed by atoms with Gasteiger partial charge in [0.1, 0.15) is 12.1 Å². The van der Waals surface area contributed by atoms with Gasteiger partial charge in [0.15, 0.2) is 0 Å². The quantitative estimate of drug-likeness (QED) is 0.865. The predicted molar refractivity (Wildman–Crippen MR) is 73.3 cm³/mol. The van der Waals surface area contributed by atoms with Crippen LogP contribution >= 0.6 is 0 Å². The average molecular weight is 242 g/mol. The van der Waals surface area contributed by atoms with Gasteiger partial charge in [0.05, 0.1) is 5.52 Å². The summed E-state index contributed by atoms with van der Waals surface area (Å²) in [6, 6.07) is 8.39. The monoisotopic (exact) mass is 242 g/mol. The molecular weight excluding hydrogens is 224 g/mol. The number of hydrogen-bond acceptors (Lipinski definition) is 4. The molecule has 1 aromatic carbocycles. The van der Waals surface area contributed by atoms with Crippen LogP contribution in [0.1, 0.15) is 19.3 Å². The number of fused-ring (bicyclic) bond motifs is 1. The van der Waals surface area contributed by atoms with Crippen LogP contribution in [0.25, 0.3) is 10.9 Å². The number of aromatic nitrogens is 2. The van der Waals surface area contributed by atoms with E-state index in [-0.39, 0.29) is 0 Å². The van der Waals surface area contributed by atoms with Crippen LogP contribution in [0.4, 0.5) is 5.82 Å². The lowest BCUT2D eigenvalue weighted by Crippen LogP contribution is -2.29. The van der Waals surface area contributed by atoms with E-state index in [2.05, 4.69) is 15.3 Å².